The van der Waals surface area contributed by atoms with Gasteiger partial charge in [-0.25, -0.2) is 14.2 Å². The molecule has 0 fully saturated rings. The summed E-state index contributed by atoms with van der Waals surface area (Å²) in [7, 11) is 0. The maximum Gasteiger partial charge on any atom is 2.00 e. The smallest absolute Gasteiger partial charge is 0.351 e. The second-order valence-electron chi connectivity index (χ2n) is 1.85. The normalized spacial score (nSPS) is 9.40. The molecule has 0 atom stereocenters. The fourth-order valence-corrected chi connectivity index (χ4v) is 0.725. The predicted octanol–water partition coefficient (Wildman–Crippen LogP) is 2.46. The molecule has 0 N–H and O–H groups in total. The minimum absolute atomic E-state index is 0. The summed E-state index contributed by atoms with van der Waals surface area (Å²) in [5, 5.41) is 0. The average molecular weight is 314 g/mol. The predicted molar refractivity (Wildman–Crippen MR) is 39.8 cm³/mol. The van der Waals surface area contributed by atoms with Gasteiger partial charge >= 0.3 is 21.1 Å². The molecule has 0 unspecified atom stereocenters. The van der Waals surface area contributed by atoms with E-state index in [4.69, 9.17) is 1.37 Å². The Hall–Kier alpha value is -0.222. The topological polar surface area (TPSA) is 0 Å². The number of hydrogen-bond acceptors (Lipinski definition) is 0. The van der Waals surface area contributed by atoms with E-state index in [2.05, 4.69) is 0 Å². The van der Waals surface area contributed by atoms with Gasteiger partial charge in [-0.05, 0) is 0 Å². The van der Waals surface area contributed by atoms with Crippen molar-refractivity contribution in [3.05, 3.63) is 49.2 Å². The van der Waals surface area contributed by atoms with Crippen LogP contribution in [-0.2, 0) is 21.1 Å². The van der Waals surface area contributed by atoms with Gasteiger partial charge in [-0.15, -0.1) is 12.1 Å². The van der Waals surface area contributed by atoms with Crippen molar-refractivity contribution < 1.29 is 22.4 Å². The summed E-state index contributed by atoms with van der Waals surface area (Å²) >= 11 is 0. The van der Waals surface area contributed by atoms with E-state index < -0.39 is 0 Å². The molecule has 0 heterocycles. The first-order valence-corrected chi connectivity index (χ1v) is 3.02. The van der Waals surface area contributed by atoms with Gasteiger partial charge in [0.1, 0.15) is 0 Å². The second kappa shape index (κ2) is 5.55. The molecule has 56 valence electrons. The molecular weight excluding hydrogens is 303 g/mol. The van der Waals surface area contributed by atoms with E-state index in [1.54, 1.807) is 0 Å². The molecule has 0 spiro atoms. The van der Waals surface area contributed by atoms with E-state index in [9.17, 15) is 0 Å². The maximum atomic E-state index is 6.80. The minimum Gasteiger partial charge on any atom is -0.351 e. The molecule has 1 aromatic rings. The maximum absolute atomic E-state index is 6.80. The molecule has 1 aromatic carbocycles. The van der Waals surface area contributed by atoms with Crippen LogP contribution in [0.25, 0.3) is 0 Å². The molecule has 0 aromatic heterocycles. The summed E-state index contributed by atoms with van der Waals surface area (Å²) in [5.41, 5.74) is 1.19. The first-order chi connectivity index (χ1) is 4.93. The molecule has 0 aliphatic heterocycles. The molecule has 0 bridgehead atoms. The standard InChI is InChI=1S/C9H10.Pt/c1-2-6-9-7-4-3-5-8-9;/h3-8H,1-2H2;/q-2;+2/i1D;. The van der Waals surface area contributed by atoms with Crippen LogP contribution in [0.3, 0.4) is 0 Å². The van der Waals surface area contributed by atoms with Crippen LogP contribution >= 0.6 is 0 Å². The Balaban J connectivity index is 0.000001000. The Kier molecular flexibility index (Phi) is 4.38. The second-order valence-corrected chi connectivity index (χ2v) is 1.85. The van der Waals surface area contributed by atoms with Crippen molar-refractivity contribution in [3.8, 4) is 0 Å². The Morgan fingerprint density at radius 3 is 2.70 bits per heavy atom. The SMILES string of the molecule is [2H][CH-]C[CH-]c1ccccc1.[Pt+2]. The molecule has 0 radical (unpaired) electrons. The van der Waals surface area contributed by atoms with E-state index in [1.165, 1.54) is 12.5 Å². The van der Waals surface area contributed by atoms with Gasteiger partial charge in [0, 0.05) is 0 Å². The summed E-state index contributed by atoms with van der Waals surface area (Å²) in [6.07, 6.45) is 2.75. The summed E-state index contributed by atoms with van der Waals surface area (Å²) in [5.74, 6) is 0. The van der Waals surface area contributed by atoms with Crippen molar-refractivity contribution in [3.63, 3.8) is 0 Å². The first-order valence-electron chi connectivity index (χ1n) is 3.59. The van der Waals surface area contributed by atoms with Crippen LogP contribution < -0.4 is 0 Å². The van der Waals surface area contributed by atoms with Crippen molar-refractivity contribution in [2.24, 2.45) is 0 Å². The van der Waals surface area contributed by atoms with Crippen LogP contribution in [0.4, 0.5) is 0 Å². The van der Waals surface area contributed by atoms with Crippen LogP contribution in [0.1, 0.15) is 13.4 Å². The minimum atomic E-state index is 0. The zero-order chi connectivity index (χ0) is 7.23. The van der Waals surface area contributed by atoms with Crippen molar-refractivity contribution in [2.75, 3.05) is 0 Å². The third-order valence-corrected chi connectivity index (χ3v) is 1.15. The van der Waals surface area contributed by atoms with Crippen LogP contribution in [0, 0.1) is 13.3 Å². The van der Waals surface area contributed by atoms with E-state index in [-0.39, 0.29) is 21.1 Å². The molecule has 0 aliphatic rings. The molecule has 1 rings (SSSR count). The monoisotopic (exact) mass is 314 g/mol. The fourth-order valence-electron chi connectivity index (χ4n) is 0.725. The van der Waals surface area contributed by atoms with Crippen LogP contribution in [-0.4, -0.2) is 0 Å². The van der Waals surface area contributed by atoms with Crippen molar-refractivity contribution in [1.82, 2.24) is 0 Å². The van der Waals surface area contributed by atoms with Crippen LogP contribution in [0.15, 0.2) is 30.3 Å². The first kappa shape index (κ1) is 7.88. The largest absolute Gasteiger partial charge is 2.00 e. The fraction of sp³-hybridized carbons (Fsp3) is 0.111. The third kappa shape index (κ3) is 3.08. The summed E-state index contributed by atoms with van der Waals surface area (Å²) < 4.78 is 6.80. The van der Waals surface area contributed by atoms with Gasteiger partial charge in [0.15, 0.2) is 0 Å². The number of hydrogen-bond donors (Lipinski definition) is 0. The summed E-state index contributed by atoms with van der Waals surface area (Å²) in [6.45, 7) is 1.40. The van der Waals surface area contributed by atoms with E-state index >= 15 is 0 Å². The molecule has 1 heteroatoms. The van der Waals surface area contributed by atoms with Gasteiger partial charge in [0.05, 0.1) is 0 Å². The Labute approximate surface area is 78.3 Å². The van der Waals surface area contributed by atoms with E-state index in [0.717, 1.165) is 6.42 Å². The van der Waals surface area contributed by atoms with Crippen molar-refractivity contribution >= 4 is 0 Å². The van der Waals surface area contributed by atoms with Gasteiger partial charge in [-0.1, -0.05) is 6.07 Å². The molecule has 0 saturated carbocycles. The third-order valence-electron chi connectivity index (χ3n) is 1.15. The Bertz CT molecular complexity index is 174. The van der Waals surface area contributed by atoms with Crippen molar-refractivity contribution in [1.29, 1.82) is 0 Å². The zero-order valence-corrected chi connectivity index (χ0v) is 7.84. The molecule has 10 heavy (non-hydrogen) atoms. The molecule has 0 aliphatic carbocycles. The van der Waals surface area contributed by atoms with E-state index in [0.29, 0.717) is 0 Å². The number of benzene rings is 1. The van der Waals surface area contributed by atoms with Crippen LogP contribution in [0.5, 0.6) is 0 Å². The summed E-state index contributed by atoms with van der Waals surface area (Å²) in [4.78, 5) is 0. The van der Waals surface area contributed by atoms with Gasteiger partial charge in [-0.3, -0.25) is 0 Å². The average Bonchev–Trinajstić information content (AvgIpc) is 2.03. The Morgan fingerprint density at radius 1 is 1.40 bits per heavy atom. The van der Waals surface area contributed by atoms with Crippen molar-refractivity contribution in [2.45, 2.75) is 6.42 Å². The van der Waals surface area contributed by atoms with Gasteiger partial charge < -0.3 is 6.90 Å². The van der Waals surface area contributed by atoms with Gasteiger partial charge in [0.25, 0.3) is 0 Å². The van der Waals surface area contributed by atoms with E-state index in [1.807, 2.05) is 36.8 Å². The quantitative estimate of drug-likeness (QED) is 0.752. The molecule has 0 nitrogen and oxygen atoms in total. The Morgan fingerprint density at radius 2 is 2.10 bits per heavy atom. The van der Waals surface area contributed by atoms with Gasteiger partial charge in [-0.2, -0.15) is 17.7 Å². The molecular formula is C9H10Pt. The number of rotatable bonds is 3. The zero-order valence-electron chi connectivity index (χ0n) is 6.56. The summed E-state index contributed by atoms with van der Waals surface area (Å²) in [6, 6.07) is 10.0. The molecule has 0 amide bonds. The van der Waals surface area contributed by atoms with Crippen LogP contribution in [0.2, 0.25) is 0 Å². The molecule has 0 saturated heterocycles. The van der Waals surface area contributed by atoms with Gasteiger partial charge in [0.2, 0.25) is 0 Å².